The summed E-state index contributed by atoms with van der Waals surface area (Å²) in [6.45, 7) is 4.91. The average molecular weight is 243 g/mol. The second kappa shape index (κ2) is 7.25. The molecule has 0 saturated carbocycles. The number of hydrogen-bond acceptors (Lipinski definition) is 1. The van der Waals surface area contributed by atoms with Gasteiger partial charge in [-0.25, -0.2) is 0 Å². The molecule has 0 aromatic heterocycles. The summed E-state index contributed by atoms with van der Waals surface area (Å²) in [5.41, 5.74) is 1.22. The quantitative estimate of drug-likeness (QED) is 0.714. The molecule has 1 aliphatic rings. The van der Waals surface area contributed by atoms with Gasteiger partial charge in [0.25, 0.3) is 0 Å². The Morgan fingerprint density at radius 3 is 2.89 bits per heavy atom. The van der Waals surface area contributed by atoms with Gasteiger partial charge in [0, 0.05) is 18.4 Å². The SMILES string of the molecule is [B]CCC(=O)NCC1(C)C=CC=C(CCC)C=C1. The molecule has 2 radical (unpaired) electrons. The minimum absolute atomic E-state index is 0.0199. The van der Waals surface area contributed by atoms with Gasteiger partial charge in [0.05, 0.1) is 7.85 Å². The zero-order valence-corrected chi connectivity index (χ0v) is 11.4. The summed E-state index contributed by atoms with van der Waals surface area (Å²) in [5.74, 6) is 0.0199. The molecule has 2 nitrogen and oxygen atoms in total. The fourth-order valence-electron chi connectivity index (χ4n) is 1.88. The van der Waals surface area contributed by atoms with E-state index in [1.165, 1.54) is 5.57 Å². The van der Waals surface area contributed by atoms with E-state index >= 15 is 0 Å². The number of allylic oxidation sites excluding steroid dienone is 4. The van der Waals surface area contributed by atoms with Crippen molar-refractivity contribution in [3.8, 4) is 0 Å². The largest absolute Gasteiger partial charge is 0.355 e. The maximum Gasteiger partial charge on any atom is 0.219 e. The van der Waals surface area contributed by atoms with Gasteiger partial charge in [-0.15, -0.1) is 0 Å². The lowest BCUT2D eigenvalue weighted by Gasteiger charge is -2.22. The molecule has 0 aromatic rings. The van der Waals surface area contributed by atoms with Gasteiger partial charge in [0.15, 0.2) is 0 Å². The molecule has 18 heavy (non-hydrogen) atoms. The lowest BCUT2D eigenvalue weighted by molar-refractivity contribution is -0.120. The predicted octanol–water partition coefficient (Wildman–Crippen LogP) is 2.94. The molecular formula is C15H22BNO. The topological polar surface area (TPSA) is 29.1 Å². The van der Waals surface area contributed by atoms with E-state index in [9.17, 15) is 4.79 Å². The van der Waals surface area contributed by atoms with E-state index in [-0.39, 0.29) is 11.3 Å². The van der Waals surface area contributed by atoms with E-state index in [4.69, 9.17) is 7.85 Å². The molecule has 0 aliphatic heterocycles. The van der Waals surface area contributed by atoms with Crippen molar-refractivity contribution in [3.63, 3.8) is 0 Å². The molecule has 1 aliphatic carbocycles. The average Bonchev–Trinajstić information content (AvgIpc) is 2.51. The van der Waals surface area contributed by atoms with Crippen LogP contribution >= 0.6 is 0 Å². The molecule has 0 bridgehead atoms. The van der Waals surface area contributed by atoms with Crippen LogP contribution in [0.4, 0.5) is 0 Å². The maximum absolute atomic E-state index is 11.4. The molecule has 3 heteroatoms. The summed E-state index contributed by atoms with van der Waals surface area (Å²) in [7, 11) is 5.35. The van der Waals surface area contributed by atoms with Crippen LogP contribution in [0.25, 0.3) is 0 Å². The summed E-state index contributed by atoms with van der Waals surface area (Å²) >= 11 is 0. The van der Waals surface area contributed by atoms with E-state index in [2.05, 4.69) is 49.5 Å². The highest BCUT2D eigenvalue weighted by atomic mass is 16.1. The first-order valence-corrected chi connectivity index (χ1v) is 6.64. The van der Waals surface area contributed by atoms with E-state index in [0.717, 1.165) is 12.8 Å². The highest BCUT2D eigenvalue weighted by Gasteiger charge is 2.19. The summed E-state index contributed by atoms with van der Waals surface area (Å²) in [6.07, 6.45) is 13.7. The molecule has 1 unspecified atom stereocenters. The first kappa shape index (κ1) is 14.8. The van der Waals surface area contributed by atoms with E-state index < -0.39 is 0 Å². The predicted molar refractivity (Wildman–Crippen MR) is 77.6 cm³/mol. The summed E-state index contributed by atoms with van der Waals surface area (Å²) in [5, 5.41) is 2.92. The van der Waals surface area contributed by atoms with Crippen LogP contribution in [0.1, 0.15) is 33.1 Å². The maximum atomic E-state index is 11.4. The Labute approximate surface area is 112 Å². The van der Waals surface area contributed by atoms with Gasteiger partial charge < -0.3 is 5.32 Å². The molecule has 1 rings (SSSR count). The lowest BCUT2D eigenvalue weighted by Crippen LogP contribution is -2.33. The van der Waals surface area contributed by atoms with E-state index in [1.54, 1.807) is 0 Å². The number of hydrogen-bond donors (Lipinski definition) is 1. The second-order valence-electron chi connectivity index (χ2n) is 5.01. The van der Waals surface area contributed by atoms with Crippen molar-refractivity contribution in [1.29, 1.82) is 0 Å². The van der Waals surface area contributed by atoms with Crippen LogP contribution in [0.15, 0.2) is 36.0 Å². The van der Waals surface area contributed by atoms with Gasteiger partial charge in [-0.05, 0) is 12.0 Å². The van der Waals surface area contributed by atoms with Crippen LogP contribution in [-0.4, -0.2) is 20.3 Å². The van der Waals surface area contributed by atoms with Crippen LogP contribution in [0.2, 0.25) is 6.32 Å². The van der Waals surface area contributed by atoms with Crippen molar-refractivity contribution >= 4 is 13.8 Å². The molecule has 0 heterocycles. The number of carbonyl (C=O) groups excluding carboxylic acids is 1. The minimum atomic E-state index is -0.115. The third-order valence-corrected chi connectivity index (χ3v) is 3.04. The van der Waals surface area contributed by atoms with Gasteiger partial charge in [0.2, 0.25) is 5.91 Å². The zero-order valence-electron chi connectivity index (χ0n) is 11.4. The number of nitrogens with one attached hydrogen (secondary N) is 1. The van der Waals surface area contributed by atoms with Crippen molar-refractivity contribution in [2.45, 2.75) is 39.4 Å². The van der Waals surface area contributed by atoms with Gasteiger partial charge >= 0.3 is 0 Å². The first-order valence-electron chi connectivity index (χ1n) is 6.64. The molecule has 0 fully saturated rings. The fourth-order valence-corrected chi connectivity index (χ4v) is 1.88. The standard InChI is InChI=1S/C15H22BNO/c1-3-5-13-6-4-9-15(2,10-7-13)12-17-14(18)8-11-16/h4,6-7,9-10H,3,5,8,11-12H2,1-2H3,(H,17,18). The zero-order chi connectivity index (χ0) is 13.4. The van der Waals surface area contributed by atoms with Crippen LogP contribution in [0.3, 0.4) is 0 Å². The first-order chi connectivity index (χ1) is 8.59. The van der Waals surface area contributed by atoms with Crippen LogP contribution < -0.4 is 5.32 Å². The lowest BCUT2D eigenvalue weighted by atomic mass is 9.89. The highest BCUT2D eigenvalue weighted by molar-refractivity contribution is 6.09. The van der Waals surface area contributed by atoms with E-state index in [0.29, 0.717) is 19.3 Å². The number of carbonyl (C=O) groups is 1. The van der Waals surface area contributed by atoms with E-state index in [1.807, 2.05) is 0 Å². The Kier molecular flexibility index (Phi) is 5.96. The Morgan fingerprint density at radius 1 is 1.44 bits per heavy atom. The Morgan fingerprint density at radius 2 is 2.22 bits per heavy atom. The molecule has 0 aromatic carbocycles. The highest BCUT2D eigenvalue weighted by Crippen LogP contribution is 2.24. The van der Waals surface area contributed by atoms with Gasteiger partial charge in [0.1, 0.15) is 0 Å². The second-order valence-corrected chi connectivity index (χ2v) is 5.01. The summed E-state index contributed by atoms with van der Waals surface area (Å²) in [4.78, 5) is 11.4. The van der Waals surface area contributed by atoms with Crippen molar-refractivity contribution in [2.24, 2.45) is 5.41 Å². The van der Waals surface area contributed by atoms with Crippen LogP contribution in [-0.2, 0) is 4.79 Å². The molecule has 1 atom stereocenters. The monoisotopic (exact) mass is 243 g/mol. The van der Waals surface area contributed by atoms with Crippen molar-refractivity contribution < 1.29 is 4.79 Å². The third kappa shape index (κ3) is 4.95. The summed E-state index contributed by atoms with van der Waals surface area (Å²) < 4.78 is 0. The molecule has 0 spiro atoms. The smallest absolute Gasteiger partial charge is 0.219 e. The van der Waals surface area contributed by atoms with Gasteiger partial charge in [-0.3, -0.25) is 4.79 Å². The van der Waals surface area contributed by atoms with Crippen molar-refractivity contribution in [1.82, 2.24) is 5.32 Å². The molecular weight excluding hydrogens is 221 g/mol. The normalized spacial score (nSPS) is 22.4. The fraction of sp³-hybridized carbons (Fsp3) is 0.533. The minimum Gasteiger partial charge on any atom is -0.355 e. The van der Waals surface area contributed by atoms with Gasteiger partial charge in [-0.2, -0.15) is 0 Å². The molecule has 96 valence electrons. The number of rotatable bonds is 6. The Hall–Kier alpha value is -1.25. The van der Waals surface area contributed by atoms with Crippen LogP contribution in [0, 0.1) is 5.41 Å². The Bertz CT molecular complexity index is 371. The Balaban J connectivity index is 2.56. The molecule has 1 amide bonds. The molecule has 0 saturated heterocycles. The number of amides is 1. The summed E-state index contributed by atoms with van der Waals surface area (Å²) in [6, 6.07) is 0. The van der Waals surface area contributed by atoms with Crippen molar-refractivity contribution in [2.75, 3.05) is 6.54 Å². The molecule has 1 N–H and O–H groups in total. The van der Waals surface area contributed by atoms with Crippen molar-refractivity contribution in [3.05, 3.63) is 36.0 Å². The van der Waals surface area contributed by atoms with Crippen LogP contribution in [0.5, 0.6) is 0 Å². The third-order valence-electron chi connectivity index (χ3n) is 3.04. The van der Waals surface area contributed by atoms with Gasteiger partial charge in [-0.1, -0.05) is 57.0 Å².